The van der Waals surface area contributed by atoms with Gasteiger partial charge in [0.1, 0.15) is 0 Å². The molecule has 0 aliphatic rings. The number of hydrogen-bond donors (Lipinski definition) is 2. The number of sulfonamides is 1. The molecule has 102 valence electrons. The lowest BCUT2D eigenvalue weighted by Crippen LogP contribution is -2.35. The topological polar surface area (TPSA) is 58.2 Å². The zero-order valence-corrected chi connectivity index (χ0v) is 13.0. The molecule has 0 radical (unpaired) electrons. The molecule has 1 rings (SSSR count). The van der Waals surface area contributed by atoms with Gasteiger partial charge in [0.2, 0.25) is 10.0 Å². The van der Waals surface area contributed by atoms with E-state index in [0.29, 0.717) is 12.2 Å². The molecule has 18 heavy (non-hydrogen) atoms. The van der Waals surface area contributed by atoms with Crippen molar-refractivity contribution in [3.63, 3.8) is 0 Å². The first kappa shape index (κ1) is 15.5. The van der Waals surface area contributed by atoms with E-state index in [9.17, 15) is 8.42 Å². The number of halogens is 1. The molecule has 1 aromatic rings. The molecule has 6 heteroatoms. The van der Waals surface area contributed by atoms with Crippen LogP contribution >= 0.6 is 15.9 Å². The summed E-state index contributed by atoms with van der Waals surface area (Å²) in [6.07, 6.45) is 0.993. The van der Waals surface area contributed by atoms with Crippen LogP contribution in [0.15, 0.2) is 28.7 Å². The lowest BCUT2D eigenvalue weighted by molar-refractivity contribution is 0.576. The summed E-state index contributed by atoms with van der Waals surface area (Å²) in [5.74, 6) is 0. The molecule has 1 atom stereocenters. The average molecular weight is 335 g/mol. The number of anilines is 1. The van der Waals surface area contributed by atoms with Gasteiger partial charge in [0, 0.05) is 16.7 Å². The van der Waals surface area contributed by atoms with Crippen molar-refractivity contribution in [3.8, 4) is 0 Å². The van der Waals surface area contributed by atoms with Gasteiger partial charge >= 0.3 is 0 Å². The highest BCUT2D eigenvalue weighted by Crippen LogP contribution is 2.16. The summed E-state index contributed by atoms with van der Waals surface area (Å²) in [6, 6.07) is 7.07. The fourth-order valence-electron chi connectivity index (χ4n) is 1.37. The summed E-state index contributed by atoms with van der Waals surface area (Å²) in [4.78, 5) is 0. The van der Waals surface area contributed by atoms with E-state index >= 15 is 0 Å². The van der Waals surface area contributed by atoms with Crippen molar-refractivity contribution in [2.24, 2.45) is 0 Å². The molecule has 0 heterocycles. The minimum atomic E-state index is -3.33. The van der Waals surface area contributed by atoms with E-state index in [4.69, 9.17) is 0 Å². The number of nitrogens with one attached hydrogen (secondary N) is 2. The Kier molecular flexibility index (Phi) is 6.11. The van der Waals surface area contributed by atoms with E-state index in [-0.39, 0.29) is 0 Å². The molecule has 1 aromatic carbocycles. The Bertz CT molecular complexity index is 459. The molecule has 0 bridgehead atoms. The molecule has 0 fully saturated rings. The molecular weight excluding hydrogens is 316 g/mol. The Balaban J connectivity index is 2.60. The van der Waals surface area contributed by atoms with Crippen LogP contribution in [0, 0.1) is 0 Å². The quantitative estimate of drug-likeness (QED) is 0.753. The molecule has 0 amide bonds. The van der Waals surface area contributed by atoms with Crippen LogP contribution in [-0.4, -0.2) is 26.8 Å². The summed E-state index contributed by atoms with van der Waals surface area (Å²) in [5, 5.41) is 2.64. The smallest absolute Gasteiger partial charge is 0.236 e. The summed E-state index contributed by atoms with van der Waals surface area (Å²) in [5.41, 5.74) is 0.584. The van der Waals surface area contributed by atoms with Crippen molar-refractivity contribution < 1.29 is 8.42 Å². The maximum absolute atomic E-state index is 12.0. The number of benzene rings is 1. The second kappa shape index (κ2) is 7.11. The molecule has 2 N–H and O–H groups in total. The Labute approximate surface area is 117 Å². The standard InChI is InChI=1S/C12H19BrN2O2S/c1-3-8-14-9-10(2)18(16,17)15-12-6-4-11(13)5-7-12/h4-7,10,14-15H,3,8-9H2,1-2H3. The van der Waals surface area contributed by atoms with Gasteiger partial charge in [-0.05, 0) is 44.2 Å². The molecule has 0 saturated carbocycles. The first-order valence-electron chi connectivity index (χ1n) is 5.93. The van der Waals surface area contributed by atoms with Crippen molar-refractivity contribution >= 4 is 31.6 Å². The van der Waals surface area contributed by atoms with Gasteiger partial charge in [-0.2, -0.15) is 0 Å². The number of rotatable bonds is 7. The highest BCUT2D eigenvalue weighted by atomic mass is 79.9. The summed E-state index contributed by atoms with van der Waals surface area (Å²) in [6.45, 7) is 5.04. The molecule has 0 spiro atoms. The van der Waals surface area contributed by atoms with E-state index in [1.165, 1.54) is 0 Å². The van der Waals surface area contributed by atoms with E-state index in [1.54, 1.807) is 31.2 Å². The van der Waals surface area contributed by atoms with Crippen molar-refractivity contribution in [2.75, 3.05) is 17.8 Å². The van der Waals surface area contributed by atoms with Gasteiger partial charge in [-0.3, -0.25) is 4.72 Å². The zero-order chi connectivity index (χ0) is 13.6. The summed E-state index contributed by atoms with van der Waals surface area (Å²) >= 11 is 3.31. The zero-order valence-electron chi connectivity index (χ0n) is 10.6. The third-order valence-corrected chi connectivity index (χ3v) is 4.77. The van der Waals surface area contributed by atoms with E-state index in [2.05, 4.69) is 26.0 Å². The van der Waals surface area contributed by atoms with Crippen molar-refractivity contribution in [1.29, 1.82) is 0 Å². The largest absolute Gasteiger partial charge is 0.315 e. The molecule has 0 aromatic heterocycles. The first-order valence-corrected chi connectivity index (χ1v) is 8.27. The molecule has 1 unspecified atom stereocenters. The summed E-state index contributed by atoms with van der Waals surface area (Å²) in [7, 11) is -3.33. The molecule has 0 aliphatic carbocycles. The van der Waals surface area contributed by atoms with Crippen LogP contribution in [0.4, 0.5) is 5.69 Å². The maximum atomic E-state index is 12.0. The van der Waals surface area contributed by atoms with Gasteiger partial charge in [0.25, 0.3) is 0 Å². The van der Waals surface area contributed by atoms with Crippen LogP contribution in [0.5, 0.6) is 0 Å². The molecule has 4 nitrogen and oxygen atoms in total. The van der Waals surface area contributed by atoms with Gasteiger partial charge in [-0.1, -0.05) is 22.9 Å². The van der Waals surface area contributed by atoms with Gasteiger partial charge in [0.05, 0.1) is 5.25 Å². The minimum Gasteiger partial charge on any atom is -0.315 e. The SMILES string of the molecule is CCCNCC(C)S(=O)(=O)Nc1ccc(Br)cc1. The first-order chi connectivity index (χ1) is 8.45. The van der Waals surface area contributed by atoms with Crippen LogP contribution in [-0.2, 0) is 10.0 Å². The van der Waals surface area contributed by atoms with Gasteiger partial charge < -0.3 is 5.32 Å². The van der Waals surface area contributed by atoms with Gasteiger partial charge in [-0.15, -0.1) is 0 Å². The summed E-state index contributed by atoms with van der Waals surface area (Å²) < 4.78 is 27.5. The van der Waals surface area contributed by atoms with Gasteiger partial charge in [0.15, 0.2) is 0 Å². The van der Waals surface area contributed by atoms with Crippen LogP contribution in [0.25, 0.3) is 0 Å². The van der Waals surface area contributed by atoms with Crippen molar-refractivity contribution in [1.82, 2.24) is 5.32 Å². The molecular formula is C12H19BrN2O2S. The number of hydrogen-bond acceptors (Lipinski definition) is 3. The Morgan fingerprint density at radius 2 is 1.89 bits per heavy atom. The van der Waals surface area contributed by atoms with Crippen LogP contribution in [0.2, 0.25) is 0 Å². The molecule has 0 saturated heterocycles. The fourth-order valence-corrected chi connectivity index (χ4v) is 2.64. The Morgan fingerprint density at radius 3 is 2.44 bits per heavy atom. The second-order valence-electron chi connectivity index (χ2n) is 4.17. The second-order valence-corrected chi connectivity index (χ2v) is 7.18. The Hall–Kier alpha value is -0.590. The maximum Gasteiger partial charge on any atom is 0.236 e. The van der Waals surface area contributed by atoms with Crippen molar-refractivity contribution in [3.05, 3.63) is 28.7 Å². The monoisotopic (exact) mass is 334 g/mol. The molecule has 0 aliphatic heterocycles. The van der Waals surface area contributed by atoms with Crippen LogP contribution in [0.1, 0.15) is 20.3 Å². The predicted octanol–water partition coefficient (Wildman–Crippen LogP) is 2.58. The lowest BCUT2D eigenvalue weighted by Gasteiger charge is -2.15. The highest BCUT2D eigenvalue weighted by Gasteiger charge is 2.19. The predicted molar refractivity (Wildman–Crippen MR) is 79.3 cm³/mol. The average Bonchev–Trinajstić information content (AvgIpc) is 2.32. The third-order valence-electron chi connectivity index (χ3n) is 2.49. The van der Waals surface area contributed by atoms with E-state index in [1.807, 2.05) is 6.92 Å². The van der Waals surface area contributed by atoms with Crippen LogP contribution in [0.3, 0.4) is 0 Å². The minimum absolute atomic E-state index is 0.458. The van der Waals surface area contributed by atoms with E-state index < -0.39 is 15.3 Å². The van der Waals surface area contributed by atoms with Crippen LogP contribution < -0.4 is 10.0 Å². The fraction of sp³-hybridized carbons (Fsp3) is 0.500. The highest BCUT2D eigenvalue weighted by molar-refractivity contribution is 9.10. The van der Waals surface area contributed by atoms with Crippen molar-refractivity contribution in [2.45, 2.75) is 25.5 Å². The Morgan fingerprint density at radius 1 is 1.28 bits per heavy atom. The third kappa shape index (κ3) is 4.96. The van der Waals surface area contributed by atoms with Gasteiger partial charge in [-0.25, -0.2) is 8.42 Å². The van der Waals surface area contributed by atoms with E-state index in [0.717, 1.165) is 17.4 Å². The lowest BCUT2D eigenvalue weighted by atomic mass is 10.3. The normalized spacial score (nSPS) is 13.3.